The molecule has 0 saturated heterocycles. The zero-order valence-corrected chi connectivity index (χ0v) is 10.8. The van der Waals surface area contributed by atoms with Gasteiger partial charge >= 0.3 is 0 Å². The molecule has 3 heteroatoms. The maximum Gasteiger partial charge on any atom is 0.145 e. The lowest BCUT2D eigenvalue weighted by Gasteiger charge is -2.12. The van der Waals surface area contributed by atoms with E-state index in [0.29, 0.717) is 23.5 Å². The summed E-state index contributed by atoms with van der Waals surface area (Å²) in [7, 11) is 0. The average Bonchev–Trinajstić information content (AvgIpc) is 2.42. The van der Waals surface area contributed by atoms with Gasteiger partial charge in [0, 0.05) is 6.61 Å². The number of benzene rings is 2. The van der Waals surface area contributed by atoms with E-state index < -0.39 is 0 Å². The third-order valence-electron chi connectivity index (χ3n) is 2.83. The van der Waals surface area contributed by atoms with E-state index in [4.69, 9.17) is 15.1 Å². The van der Waals surface area contributed by atoms with Crippen molar-refractivity contribution in [2.24, 2.45) is 0 Å². The fourth-order valence-electron chi connectivity index (χ4n) is 1.86. The monoisotopic (exact) mass is 253 g/mol. The highest BCUT2D eigenvalue weighted by Crippen LogP contribution is 2.28. The Balaban J connectivity index is 2.36. The molecule has 0 heterocycles. The van der Waals surface area contributed by atoms with Crippen LogP contribution in [0.3, 0.4) is 0 Å². The molecule has 0 aliphatic carbocycles. The second kappa shape index (κ2) is 6.03. The van der Waals surface area contributed by atoms with Crippen LogP contribution in [0.2, 0.25) is 0 Å². The Kier molecular flexibility index (Phi) is 4.17. The van der Waals surface area contributed by atoms with Gasteiger partial charge in [0.05, 0.1) is 5.56 Å². The molecule has 0 aliphatic heterocycles. The molecule has 0 fully saturated rings. The molecule has 2 rings (SSSR count). The molecule has 0 unspecified atom stereocenters. The lowest BCUT2D eigenvalue weighted by atomic mass is 10.1. The molecule has 0 saturated carbocycles. The number of aliphatic hydroxyl groups excluding tert-OH is 1. The van der Waals surface area contributed by atoms with Gasteiger partial charge in [0.1, 0.15) is 17.6 Å². The van der Waals surface area contributed by atoms with Crippen LogP contribution in [0.1, 0.15) is 16.7 Å². The summed E-state index contributed by atoms with van der Waals surface area (Å²) in [5.74, 6) is 1.23. The molecular weight excluding hydrogens is 238 g/mol. The number of nitriles is 1. The molecule has 2 aromatic carbocycles. The number of para-hydroxylation sites is 1. The molecule has 3 nitrogen and oxygen atoms in total. The van der Waals surface area contributed by atoms with Gasteiger partial charge in [-0.05, 0) is 42.7 Å². The highest BCUT2D eigenvalue weighted by Gasteiger charge is 2.08. The van der Waals surface area contributed by atoms with Gasteiger partial charge in [0.25, 0.3) is 0 Å². The van der Waals surface area contributed by atoms with Crippen molar-refractivity contribution < 1.29 is 9.84 Å². The van der Waals surface area contributed by atoms with E-state index in [-0.39, 0.29) is 6.61 Å². The summed E-state index contributed by atoms with van der Waals surface area (Å²) in [5, 5.41) is 18.1. The Morgan fingerprint density at radius 3 is 2.68 bits per heavy atom. The van der Waals surface area contributed by atoms with Crippen LogP contribution in [0.15, 0.2) is 42.5 Å². The van der Waals surface area contributed by atoms with Crippen molar-refractivity contribution in [3.8, 4) is 17.6 Å². The average molecular weight is 253 g/mol. The topological polar surface area (TPSA) is 53.2 Å². The van der Waals surface area contributed by atoms with Crippen molar-refractivity contribution in [1.29, 1.82) is 5.26 Å². The minimum absolute atomic E-state index is 0.0687. The molecule has 0 atom stereocenters. The molecular formula is C16H15NO2. The third kappa shape index (κ3) is 3.12. The van der Waals surface area contributed by atoms with E-state index in [1.54, 1.807) is 6.07 Å². The van der Waals surface area contributed by atoms with E-state index in [2.05, 4.69) is 6.07 Å². The quantitative estimate of drug-likeness (QED) is 0.910. The van der Waals surface area contributed by atoms with Gasteiger partial charge < -0.3 is 9.84 Å². The molecule has 0 amide bonds. The standard InChI is InChI=1S/C16H15NO2/c1-12-6-7-14(11-17)16(10-12)19-15-5-3-2-4-13(15)8-9-18/h2-7,10,18H,8-9H2,1H3. The third-order valence-corrected chi connectivity index (χ3v) is 2.83. The Morgan fingerprint density at radius 1 is 1.16 bits per heavy atom. The summed E-state index contributed by atoms with van der Waals surface area (Å²) >= 11 is 0. The Morgan fingerprint density at radius 2 is 1.95 bits per heavy atom. The molecule has 96 valence electrons. The van der Waals surface area contributed by atoms with E-state index >= 15 is 0 Å². The van der Waals surface area contributed by atoms with Crippen LogP contribution >= 0.6 is 0 Å². The second-order valence-corrected chi connectivity index (χ2v) is 4.29. The molecule has 1 N–H and O–H groups in total. The molecule has 0 radical (unpaired) electrons. The van der Waals surface area contributed by atoms with Crippen molar-refractivity contribution in [3.63, 3.8) is 0 Å². The summed E-state index contributed by atoms with van der Waals surface area (Å²) in [4.78, 5) is 0. The van der Waals surface area contributed by atoms with Crippen molar-refractivity contribution in [2.75, 3.05) is 6.61 Å². The Labute approximate surface area is 112 Å². The summed E-state index contributed by atoms with van der Waals surface area (Å²) in [6.07, 6.45) is 0.532. The molecule has 0 spiro atoms. The van der Waals surface area contributed by atoms with E-state index in [0.717, 1.165) is 11.1 Å². The smallest absolute Gasteiger partial charge is 0.145 e. The van der Waals surface area contributed by atoms with Crippen molar-refractivity contribution >= 4 is 0 Å². The Hall–Kier alpha value is -2.31. The largest absolute Gasteiger partial charge is 0.456 e. The highest BCUT2D eigenvalue weighted by molar-refractivity contribution is 5.48. The normalized spacial score (nSPS) is 9.95. The Bertz CT molecular complexity index is 614. The van der Waals surface area contributed by atoms with Crippen molar-refractivity contribution in [3.05, 3.63) is 59.2 Å². The first kappa shape index (κ1) is 13.1. The highest BCUT2D eigenvalue weighted by atomic mass is 16.5. The number of aliphatic hydroxyl groups is 1. The number of hydrogen-bond donors (Lipinski definition) is 1. The first-order valence-electron chi connectivity index (χ1n) is 6.12. The predicted molar refractivity (Wildman–Crippen MR) is 73.2 cm³/mol. The van der Waals surface area contributed by atoms with Gasteiger partial charge in [0.15, 0.2) is 0 Å². The number of rotatable bonds is 4. The van der Waals surface area contributed by atoms with Crippen molar-refractivity contribution in [1.82, 2.24) is 0 Å². The lowest BCUT2D eigenvalue weighted by molar-refractivity contribution is 0.298. The van der Waals surface area contributed by atoms with Crippen LogP contribution in [-0.2, 0) is 6.42 Å². The van der Waals surface area contributed by atoms with E-state index in [1.807, 2.05) is 43.3 Å². The fraction of sp³-hybridized carbons (Fsp3) is 0.188. The summed E-state index contributed by atoms with van der Waals surface area (Å²) in [5.41, 5.74) is 2.47. The molecule has 0 aromatic heterocycles. The second-order valence-electron chi connectivity index (χ2n) is 4.29. The van der Waals surface area contributed by atoms with Crippen LogP contribution in [-0.4, -0.2) is 11.7 Å². The van der Waals surface area contributed by atoms with Gasteiger partial charge in [-0.15, -0.1) is 0 Å². The van der Waals surface area contributed by atoms with Gasteiger partial charge in [-0.1, -0.05) is 24.3 Å². The molecule has 2 aromatic rings. The minimum atomic E-state index is 0.0687. The SMILES string of the molecule is Cc1ccc(C#N)c(Oc2ccccc2CCO)c1. The maximum atomic E-state index is 9.09. The zero-order valence-electron chi connectivity index (χ0n) is 10.8. The van der Waals surface area contributed by atoms with Crippen LogP contribution in [0.25, 0.3) is 0 Å². The van der Waals surface area contributed by atoms with Crippen LogP contribution < -0.4 is 4.74 Å². The van der Waals surface area contributed by atoms with Crippen LogP contribution in [0, 0.1) is 18.3 Å². The number of ether oxygens (including phenoxy) is 1. The molecule has 0 bridgehead atoms. The number of nitrogens with zero attached hydrogens (tertiary/aromatic N) is 1. The summed E-state index contributed by atoms with van der Waals surface area (Å²) in [6.45, 7) is 2.02. The van der Waals surface area contributed by atoms with Crippen molar-refractivity contribution in [2.45, 2.75) is 13.3 Å². The zero-order chi connectivity index (χ0) is 13.7. The number of hydrogen-bond acceptors (Lipinski definition) is 3. The number of aryl methyl sites for hydroxylation is 1. The van der Waals surface area contributed by atoms with Gasteiger partial charge in [-0.3, -0.25) is 0 Å². The predicted octanol–water partition coefficient (Wildman–Crippen LogP) is 3.19. The first-order valence-corrected chi connectivity index (χ1v) is 6.12. The fourth-order valence-corrected chi connectivity index (χ4v) is 1.86. The first-order chi connectivity index (χ1) is 9.24. The van der Waals surface area contributed by atoms with E-state index in [9.17, 15) is 0 Å². The molecule has 19 heavy (non-hydrogen) atoms. The minimum Gasteiger partial charge on any atom is -0.456 e. The summed E-state index contributed by atoms with van der Waals surface area (Å²) in [6, 6.07) is 15.1. The maximum absolute atomic E-state index is 9.09. The van der Waals surface area contributed by atoms with Gasteiger partial charge in [0.2, 0.25) is 0 Å². The molecule has 0 aliphatic rings. The van der Waals surface area contributed by atoms with Gasteiger partial charge in [-0.25, -0.2) is 0 Å². The lowest BCUT2D eigenvalue weighted by Crippen LogP contribution is -1.96. The summed E-state index contributed by atoms with van der Waals surface area (Å²) < 4.78 is 5.83. The van der Waals surface area contributed by atoms with Crippen LogP contribution in [0.5, 0.6) is 11.5 Å². The van der Waals surface area contributed by atoms with Gasteiger partial charge in [-0.2, -0.15) is 5.26 Å². The van der Waals surface area contributed by atoms with E-state index in [1.165, 1.54) is 0 Å². The van der Waals surface area contributed by atoms with Crippen LogP contribution in [0.4, 0.5) is 0 Å².